The molecule has 0 aromatic carbocycles. The molecule has 1 fully saturated rings. The van der Waals surface area contributed by atoms with E-state index in [-0.39, 0.29) is 0 Å². The molecule has 164 valence electrons. The summed E-state index contributed by atoms with van der Waals surface area (Å²) in [5.74, 6) is 1.80. The lowest BCUT2D eigenvalue weighted by Crippen LogP contribution is -2.27. The average Bonchev–Trinajstić information content (AvgIpc) is 2.64. The Hall–Kier alpha value is -0.520. The van der Waals surface area contributed by atoms with E-state index < -0.39 is 0 Å². The molecule has 1 saturated carbocycles. The Morgan fingerprint density at radius 1 is 0.963 bits per heavy atom. The van der Waals surface area contributed by atoms with Crippen LogP contribution in [0.15, 0.2) is 23.3 Å². The molecule has 0 amide bonds. The molecule has 0 aromatic rings. The fraction of sp³-hybridized carbons (Fsp3) is 0.852. The summed E-state index contributed by atoms with van der Waals surface area (Å²) in [5, 5.41) is 0. The van der Waals surface area contributed by atoms with Gasteiger partial charge in [0, 0.05) is 0 Å². The van der Waals surface area contributed by atoms with E-state index in [1.165, 1.54) is 51.4 Å². The van der Waals surface area contributed by atoms with Gasteiger partial charge in [-0.3, -0.25) is 0 Å². The largest absolute Gasteiger partial charge is 0.0844 e. The summed E-state index contributed by atoms with van der Waals surface area (Å²) >= 11 is 0. The SMILES string of the molecule is C/C=C(\C=C(\C)CC1CC(C)CC(C)(C)C1)CCCCC.CC.CC.CC. The molecule has 2 unspecified atom stereocenters. The van der Waals surface area contributed by atoms with E-state index in [2.05, 4.69) is 53.7 Å². The maximum absolute atomic E-state index is 2.47. The zero-order valence-electron chi connectivity index (χ0n) is 21.5. The summed E-state index contributed by atoms with van der Waals surface area (Å²) < 4.78 is 0. The molecule has 0 heterocycles. The van der Waals surface area contributed by atoms with Crippen LogP contribution < -0.4 is 0 Å². The molecule has 0 aromatic heterocycles. The summed E-state index contributed by atoms with van der Waals surface area (Å²) in [6.07, 6.45) is 15.6. The third-order valence-electron chi connectivity index (χ3n) is 4.96. The molecule has 0 saturated heterocycles. The molecule has 0 spiro atoms. The predicted molar refractivity (Wildman–Crippen MR) is 131 cm³/mol. The van der Waals surface area contributed by atoms with E-state index in [1.807, 2.05) is 41.5 Å². The number of allylic oxidation sites excluding steroid dienone is 4. The molecule has 0 nitrogen and oxygen atoms in total. The summed E-state index contributed by atoms with van der Waals surface area (Å²) in [7, 11) is 0. The van der Waals surface area contributed by atoms with Crippen LogP contribution in [0.3, 0.4) is 0 Å². The highest BCUT2D eigenvalue weighted by molar-refractivity contribution is 5.22. The first-order valence-corrected chi connectivity index (χ1v) is 12.2. The zero-order chi connectivity index (χ0) is 21.9. The molecule has 0 radical (unpaired) electrons. The van der Waals surface area contributed by atoms with Gasteiger partial charge < -0.3 is 0 Å². The van der Waals surface area contributed by atoms with Gasteiger partial charge in [-0.2, -0.15) is 0 Å². The van der Waals surface area contributed by atoms with E-state index in [4.69, 9.17) is 0 Å². The first kappa shape index (κ1) is 31.2. The number of rotatable bonds is 7. The van der Waals surface area contributed by atoms with Crippen LogP contribution in [0, 0.1) is 17.3 Å². The Bertz CT molecular complexity index is 356. The van der Waals surface area contributed by atoms with Gasteiger partial charge in [0.25, 0.3) is 0 Å². The van der Waals surface area contributed by atoms with Crippen molar-refractivity contribution in [3.05, 3.63) is 23.3 Å². The lowest BCUT2D eigenvalue weighted by molar-refractivity contribution is 0.133. The van der Waals surface area contributed by atoms with Crippen molar-refractivity contribution >= 4 is 0 Å². The van der Waals surface area contributed by atoms with E-state index in [0.29, 0.717) is 5.41 Å². The van der Waals surface area contributed by atoms with E-state index in [0.717, 1.165) is 11.8 Å². The van der Waals surface area contributed by atoms with Gasteiger partial charge in [-0.05, 0) is 69.6 Å². The maximum Gasteiger partial charge on any atom is -0.0282 e. The van der Waals surface area contributed by atoms with Gasteiger partial charge in [-0.15, -0.1) is 0 Å². The van der Waals surface area contributed by atoms with Crippen molar-refractivity contribution < 1.29 is 0 Å². The van der Waals surface area contributed by atoms with Gasteiger partial charge in [-0.25, -0.2) is 0 Å². The lowest BCUT2D eigenvalue weighted by atomic mass is 9.67. The van der Waals surface area contributed by atoms with Crippen LogP contribution in [0.25, 0.3) is 0 Å². The first-order valence-electron chi connectivity index (χ1n) is 12.2. The van der Waals surface area contributed by atoms with E-state index in [9.17, 15) is 0 Å². The van der Waals surface area contributed by atoms with Gasteiger partial charge >= 0.3 is 0 Å². The number of hydrogen-bond acceptors (Lipinski definition) is 0. The summed E-state index contributed by atoms with van der Waals surface area (Å²) in [5.41, 5.74) is 3.69. The molecule has 0 aliphatic heterocycles. The highest BCUT2D eigenvalue weighted by Gasteiger charge is 2.31. The van der Waals surface area contributed by atoms with Crippen molar-refractivity contribution in [2.75, 3.05) is 0 Å². The Kier molecular flexibility index (Phi) is 23.4. The van der Waals surface area contributed by atoms with E-state index >= 15 is 0 Å². The van der Waals surface area contributed by atoms with Crippen LogP contribution in [0.2, 0.25) is 0 Å². The molecular formula is C27H56. The van der Waals surface area contributed by atoms with Crippen molar-refractivity contribution in [1.82, 2.24) is 0 Å². The minimum Gasteiger partial charge on any atom is -0.0844 e. The highest BCUT2D eigenvalue weighted by atomic mass is 14.4. The molecule has 0 N–H and O–H groups in total. The third-order valence-corrected chi connectivity index (χ3v) is 4.96. The second kappa shape index (κ2) is 20.2. The predicted octanol–water partition coefficient (Wildman–Crippen LogP) is 10.4. The molecule has 0 heteroatoms. The van der Waals surface area contributed by atoms with Gasteiger partial charge in [0.15, 0.2) is 0 Å². The van der Waals surface area contributed by atoms with Crippen molar-refractivity contribution in [2.45, 2.75) is 134 Å². The Morgan fingerprint density at radius 3 is 1.96 bits per heavy atom. The van der Waals surface area contributed by atoms with Crippen molar-refractivity contribution in [1.29, 1.82) is 0 Å². The van der Waals surface area contributed by atoms with Crippen molar-refractivity contribution in [3.63, 3.8) is 0 Å². The van der Waals surface area contributed by atoms with Gasteiger partial charge in [0.05, 0.1) is 0 Å². The van der Waals surface area contributed by atoms with Crippen LogP contribution in [0.5, 0.6) is 0 Å². The topological polar surface area (TPSA) is 0 Å². The van der Waals surface area contributed by atoms with Crippen molar-refractivity contribution in [2.24, 2.45) is 17.3 Å². The molecule has 1 aliphatic carbocycles. The second-order valence-electron chi connectivity index (χ2n) is 8.29. The summed E-state index contributed by atoms with van der Waals surface area (Å²) in [6, 6.07) is 0. The molecule has 0 bridgehead atoms. The van der Waals surface area contributed by atoms with Crippen molar-refractivity contribution in [3.8, 4) is 0 Å². The quantitative estimate of drug-likeness (QED) is 0.304. The zero-order valence-corrected chi connectivity index (χ0v) is 21.5. The normalized spacial score (nSPS) is 21.6. The average molecular weight is 381 g/mol. The summed E-state index contributed by atoms with van der Waals surface area (Å²) in [6.45, 7) is 26.2. The minimum absolute atomic E-state index is 0.549. The minimum atomic E-state index is 0.549. The van der Waals surface area contributed by atoms with Crippen LogP contribution in [-0.4, -0.2) is 0 Å². The Balaban J connectivity index is -0.000000869. The fourth-order valence-electron chi connectivity index (χ4n) is 4.41. The van der Waals surface area contributed by atoms with Crippen LogP contribution in [-0.2, 0) is 0 Å². The highest BCUT2D eigenvalue weighted by Crippen LogP contribution is 2.43. The fourth-order valence-corrected chi connectivity index (χ4v) is 4.41. The van der Waals surface area contributed by atoms with Crippen LogP contribution in [0.1, 0.15) is 134 Å². The second-order valence-corrected chi connectivity index (χ2v) is 8.29. The molecule has 1 aliphatic rings. The Labute approximate surface area is 175 Å². The van der Waals surface area contributed by atoms with Gasteiger partial charge in [0.2, 0.25) is 0 Å². The molecule has 27 heavy (non-hydrogen) atoms. The molecular weight excluding hydrogens is 324 g/mol. The van der Waals surface area contributed by atoms with Gasteiger partial charge in [0.1, 0.15) is 0 Å². The maximum atomic E-state index is 2.47. The smallest absolute Gasteiger partial charge is 0.0282 e. The van der Waals surface area contributed by atoms with E-state index in [1.54, 1.807) is 11.1 Å². The van der Waals surface area contributed by atoms with Gasteiger partial charge in [-0.1, -0.05) is 105 Å². The lowest BCUT2D eigenvalue weighted by Gasteiger charge is -2.39. The molecule has 1 rings (SSSR count). The van der Waals surface area contributed by atoms with Crippen LogP contribution >= 0.6 is 0 Å². The monoisotopic (exact) mass is 380 g/mol. The summed E-state index contributed by atoms with van der Waals surface area (Å²) in [4.78, 5) is 0. The number of unbranched alkanes of at least 4 members (excludes halogenated alkanes) is 2. The Morgan fingerprint density at radius 2 is 1.52 bits per heavy atom. The standard InChI is InChI=1S/C21H38.3C2H6/c1-7-9-10-11-19(8-2)12-17(3)13-20-14-18(4)15-21(5,6)16-20;3*1-2/h8,12,18,20H,7,9-11,13-16H2,1-6H3;3*1-2H3/b17-12-,19-8-;;;. The first-order chi connectivity index (χ1) is 12.9. The third kappa shape index (κ3) is 17.3. The molecule has 2 atom stereocenters. The number of hydrogen-bond donors (Lipinski definition) is 0. The van der Waals surface area contributed by atoms with Crippen LogP contribution in [0.4, 0.5) is 0 Å².